The van der Waals surface area contributed by atoms with Gasteiger partial charge in [-0.3, -0.25) is 0 Å². The summed E-state index contributed by atoms with van der Waals surface area (Å²) in [4.78, 5) is 3.24. The smallest absolute Gasteiger partial charge is 0.119 e. The quantitative estimate of drug-likeness (QED) is 0.647. The van der Waals surface area contributed by atoms with E-state index in [4.69, 9.17) is 4.74 Å². The molecule has 0 spiro atoms. The standard InChI is InChI=1S/C18H20N2O/c1-2-5-17(6-3-1)21-12-4-10-19-14-15-7-8-16-9-11-20-18(16)13-15/h1-3,5-9,11,13,19-20H,4,10,12,14H2. The Hall–Kier alpha value is -2.26. The summed E-state index contributed by atoms with van der Waals surface area (Å²) in [6.07, 6.45) is 2.97. The van der Waals surface area contributed by atoms with Crippen LogP contribution in [0, 0.1) is 0 Å². The summed E-state index contributed by atoms with van der Waals surface area (Å²) in [5.41, 5.74) is 2.50. The fourth-order valence-electron chi connectivity index (χ4n) is 2.34. The number of aromatic nitrogens is 1. The zero-order valence-electron chi connectivity index (χ0n) is 12.0. The van der Waals surface area contributed by atoms with Crippen molar-refractivity contribution in [1.29, 1.82) is 0 Å². The molecule has 3 rings (SSSR count). The normalized spacial score (nSPS) is 10.9. The highest BCUT2D eigenvalue weighted by Crippen LogP contribution is 2.14. The van der Waals surface area contributed by atoms with E-state index in [-0.39, 0.29) is 0 Å². The average molecular weight is 280 g/mol. The number of fused-ring (bicyclic) bond motifs is 1. The summed E-state index contributed by atoms with van der Waals surface area (Å²) in [5, 5.41) is 4.71. The lowest BCUT2D eigenvalue weighted by Crippen LogP contribution is -2.17. The van der Waals surface area contributed by atoms with E-state index < -0.39 is 0 Å². The molecule has 0 atom stereocenters. The van der Waals surface area contributed by atoms with Crippen molar-refractivity contribution in [2.24, 2.45) is 0 Å². The van der Waals surface area contributed by atoms with Crippen molar-refractivity contribution < 1.29 is 4.74 Å². The van der Waals surface area contributed by atoms with Gasteiger partial charge in [0.25, 0.3) is 0 Å². The Bertz CT molecular complexity index is 676. The minimum atomic E-state index is 0.743. The highest BCUT2D eigenvalue weighted by molar-refractivity contribution is 5.79. The molecule has 0 saturated carbocycles. The molecule has 1 aromatic heterocycles. The van der Waals surface area contributed by atoms with Crippen LogP contribution in [-0.4, -0.2) is 18.1 Å². The van der Waals surface area contributed by atoms with Gasteiger partial charge in [-0.05, 0) is 48.2 Å². The number of H-pyrrole nitrogens is 1. The maximum absolute atomic E-state index is 5.66. The summed E-state index contributed by atoms with van der Waals surface area (Å²) in [6, 6.07) is 18.6. The molecule has 3 heteroatoms. The van der Waals surface area contributed by atoms with Gasteiger partial charge in [-0.1, -0.05) is 30.3 Å². The first kappa shape index (κ1) is 13.7. The van der Waals surface area contributed by atoms with Crippen molar-refractivity contribution in [2.45, 2.75) is 13.0 Å². The lowest BCUT2D eigenvalue weighted by molar-refractivity contribution is 0.308. The zero-order chi connectivity index (χ0) is 14.3. The number of benzene rings is 2. The van der Waals surface area contributed by atoms with E-state index in [2.05, 4.69) is 34.6 Å². The molecule has 0 unspecified atom stereocenters. The maximum atomic E-state index is 5.66. The van der Waals surface area contributed by atoms with Crippen LogP contribution in [0.2, 0.25) is 0 Å². The predicted octanol–water partition coefficient (Wildman–Crippen LogP) is 3.73. The third-order valence-electron chi connectivity index (χ3n) is 3.46. The van der Waals surface area contributed by atoms with E-state index in [9.17, 15) is 0 Å². The first-order valence-corrected chi connectivity index (χ1v) is 7.36. The summed E-state index contributed by atoms with van der Waals surface area (Å²) in [7, 11) is 0. The number of rotatable bonds is 7. The Morgan fingerprint density at radius 3 is 2.81 bits per heavy atom. The number of hydrogen-bond acceptors (Lipinski definition) is 2. The maximum Gasteiger partial charge on any atom is 0.119 e. The van der Waals surface area contributed by atoms with Gasteiger partial charge in [0.05, 0.1) is 6.61 Å². The van der Waals surface area contributed by atoms with Crippen LogP contribution in [0.4, 0.5) is 0 Å². The molecule has 0 fully saturated rings. The minimum Gasteiger partial charge on any atom is -0.494 e. The zero-order valence-corrected chi connectivity index (χ0v) is 12.0. The summed E-state index contributed by atoms with van der Waals surface area (Å²) in [6.45, 7) is 2.59. The fourth-order valence-corrected chi connectivity index (χ4v) is 2.34. The van der Waals surface area contributed by atoms with Crippen LogP contribution in [0.25, 0.3) is 10.9 Å². The molecule has 3 aromatic rings. The van der Waals surface area contributed by atoms with Gasteiger partial charge in [0.1, 0.15) is 5.75 Å². The van der Waals surface area contributed by atoms with Crippen molar-refractivity contribution >= 4 is 10.9 Å². The van der Waals surface area contributed by atoms with Crippen LogP contribution in [-0.2, 0) is 6.54 Å². The van der Waals surface area contributed by atoms with Gasteiger partial charge in [0, 0.05) is 18.3 Å². The van der Waals surface area contributed by atoms with Gasteiger partial charge in [-0.2, -0.15) is 0 Å². The van der Waals surface area contributed by atoms with Gasteiger partial charge < -0.3 is 15.0 Å². The van der Waals surface area contributed by atoms with Crippen molar-refractivity contribution in [3.63, 3.8) is 0 Å². The topological polar surface area (TPSA) is 37.0 Å². The third kappa shape index (κ3) is 3.86. The Morgan fingerprint density at radius 1 is 1.00 bits per heavy atom. The SMILES string of the molecule is c1ccc(OCCCNCc2ccc3cc[nH]c3c2)cc1. The number of para-hydroxylation sites is 1. The Morgan fingerprint density at radius 2 is 1.90 bits per heavy atom. The highest BCUT2D eigenvalue weighted by atomic mass is 16.5. The number of ether oxygens (including phenoxy) is 1. The first-order valence-electron chi connectivity index (χ1n) is 7.36. The van der Waals surface area contributed by atoms with Gasteiger partial charge in [-0.15, -0.1) is 0 Å². The number of aromatic amines is 1. The van der Waals surface area contributed by atoms with Crippen molar-refractivity contribution in [3.8, 4) is 5.75 Å². The second-order valence-electron chi connectivity index (χ2n) is 5.09. The van der Waals surface area contributed by atoms with Crippen LogP contribution in [0.15, 0.2) is 60.8 Å². The number of hydrogen-bond donors (Lipinski definition) is 2. The summed E-state index contributed by atoms with van der Waals surface area (Å²) in [5.74, 6) is 0.940. The summed E-state index contributed by atoms with van der Waals surface area (Å²) < 4.78 is 5.66. The molecule has 0 saturated heterocycles. The van der Waals surface area contributed by atoms with E-state index >= 15 is 0 Å². The Labute approximate surface area is 125 Å². The average Bonchev–Trinajstić information content (AvgIpc) is 2.99. The molecule has 3 nitrogen and oxygen atoms in total. The van der Waals surface area contributed by atoms with Gasteiger partial charge in [-0.25, -0.2) is 0 Å². The van der Waals surface area contributed by atoms with Gasteiger partial charge >= 0.3 is 0 Å². The van der Waals surface area contributed by atoms with Crippen LogP contribution in [0.1, 0.15) is 12.0 Å². The van der Waals surface area contributed by atoms with Crippen molar-refractivity contribution in [2.75, 3.05) is 13.2 Å². The molecule has 21 heavy (non-hydrogen) atoms. The molecule has 2 N–H and O–H groups in total. The van der Waals surface area contributed by atoms with Crippen LogP contribution < -0.4 is 10.1 Å². The lowest BCUT2D eigenvalue weighted by Gasteiger charge is -2.07. The molecule has 1 heterocycles. The molecule has 0 aliphatic carbocycles. The second-order valence-corrected chi connectivity index (χ2v) is 5.09. The largest absolute Gasteiger partial charge is 0.494 e. The van der Waals surface area contributed by atoms with Gasteiger partial charge in [0.15, 0.2) is 0 Å². The molecule has 0 bridgehead atoms. The van der Waals surface area contributed by atoms with Crippen LogP contribution >= 0.6 is 0 Å². The highest BCUT2D eigenvalue weighted by Gasteiger charge is 1.97. The Kier molecular flexibility index (Phi) is 4.54. The minimum absolute atomic E-state index is 0.743. The molecule has 108 valence electrons. The van der Waals surface area contributed by atoms with E-state index in [1.165, 1.54) is 16.5 Å². The van der Waals surface area contributed by atoms with Crippen LogP contribution in [0.3, 0.4) is 0 Å². The van der Waals surface area contributed by atoms with E-state index in [1.54, 1.807) is 0 Å². The molecule has 0 radical (unpaired) electrons. The predicted molar refractivity (Wildman–Crippen MR) is 86.6 cm³/mol. The Balaban J connectivity index is 1.36. The second kappa shape index (κ2) is 6.95. The monoisotopic (exact) mass is 280 g/mol. The lowest BCUT2D eigenvalue weighted by atomic mass is 10.1. The molecule has 2 aromatic carbocycles. The number of nitrogens with one attached hydrogen (secondary N) is 2. The summed E-state index contributed by atoms with van der Waals surface area (Å²) >= 11 is 0. The molecule has 0 amide bonds. The fraction of sp³-hybridized carbons (Fsp3) is 0.222. The first-order chi connectivity index (χ1) is 10.4. The molecule has 0 aliphatic rings. The van der Waals surface area contributed by atoms with E-state index in [1.807, 2.05) is 36.5 Å². The van der Waals surface area contributed by atoms with Crippen molar-refractivity contribution in [3.05, 3.63) is 66.4 Å². The van der Waals surface area contributed by atoms with Gasteiger partial charge in [0.2, 0.25) is 0 Å². The van der Waals surface area contributed by atoms with Crippen molar-refractivity contribution in [1.82, 2.24) is 10.3 Å². The molecule has 0 aliphatic heterocycles. The van der Waals surface area contributed by atoms with Crippen LogP contribution in [0.5, 0.6) is 5.75 Å². The molecular weight excluding hydrogens is 260 g/mol. The van der Waals surface area contributed by atoms with E-state index in [0.717, 1.165) is 31.9 Å². The third-order valence-corrected chi connectivity index (χ3v) is 3.46. The molecular formula is C18H20N2O. The van der Waals surface area contributed by atoms with E-state index in [0.29, 0.717) is 0 Å².